The topological polar surface area (TPSA) is 6.48 Å². The summed E-state index contributed by atoms with van der Waals surface area (Å²) in [6, 6.07) is 56.9. The lowest BCUT2D eigenvalue weighted by molar-refractivity contribution is 0.590. The average molecular weight is 755 g/mol. The van der Waals surface area contributed by atoms with Crippen molar-refractivity contribution in [2.24, 2.45) is 0 Å². The zero-order valence-corrected chi connectivity index (χ0v) is 35.8. The molecule has 0 aliphatic carbocycles. The summed E-state index contributed by atoms with van der Waals surface area (Å²) in [6.45, 7) is 20.8. The molecule has 280 valence electrons. The number of anilines is 6. The van der Waals surface area contributed by atoms with Gasteiger partial charge in [-0.1, -0.05) is 139 Å². The highest BCUT2D eigenvalue weighted by Gasteiger charge is 2.56. The first kappa shape index (κ1) is 35.8. The van der Waals surface area contributed by atoms with Crippen molar-refractivity contribution in [1.82, 2.24) is 0 Å². The van der Waals surface area contributed by atoms with Crippen LogP contribution in [-0.4, -0.2) is 14.8 Å². The molecule has 4 heteroatoms. The average Bonchev–Trinajstić information content (AvgIpc) is 3.18. The summed E-state index contributed by atoms with van der Waals surface area (Å²) in [4.78, 5) is 5.22. The van der Waals surface area contributed by atoms with Gasteiger partial charge in [-0.3, -0.25) is 0 Å². The van der Waals surface area contributed by atoms with E-state index in [2.05, 4.69) is 218 Å². The number of rotatable bonds is 4. The van der Waals surface area contributed by atoms with Gasteiger partial charge in [-0.2, -0.15) is 0 Å². The second kappa shape index (κ2) is 12.5. The van der Waals surface area contributed by atoms with Crippen LogP contribution in [0.15, 0.2) is 146 Å². The van der Waals surface area contributed by atoms with Crippen LogP contribution < -0.4 is 46.9 Å². The van der Waals surface area contributed by atoms with E-state index >= 15 is 0 Å². The first-order valence-electron chi connectivity index (χ1n) is 20.6. The van der Waals surface area contributed by atoms with E-state index in [9.17, 15) is 0 Å². The highest BCUT2D eigenvalue weighted by molar-refractivity contribution is 7.27. The minimum absolute atomic E-state index is 0.0639. The molecule has 3 aliphatic rings. The van der Waals surface area contributed by atoms with Gasteiger partial charge in [0, 0.05) is 34.1 Å². The zero-order valence-electron chi connectivity index (χ0n) is 34.8. The highest BCUT2D eigenvalue weighted by Crippen LogP contribution is 2.46. The van der Waals surface area contributed by atoms with E-state index in [1.54, 1.807) is 0 Å². The number of hydrogen-bond acceptors (Lipinski definition) is 2. The molecule has 7 aromatic rings. The van der Waals surface area contributed by atoms with Crippen LogP contribution in [0.2, 0.25) is 0 Å². The van der Waals surface area contributed by atoms with Crippen LogP contribution in [0.3, 0.4) is 0 Å². The van der Waals surface area contributed by atoms with Gasteiger partial charge in [0.15, 0.2) is 8.07 Å². The molecular formula is C53H51BN2Si. The standard InChI is InChI=1S/C53H51BN2Si/c1-34-28-43-49-44(29-34)56(40-26-22-38(23-27-40)53(7,8)9)46-31-36(3)33-48-51(46)54(49)50-45(55(43)39-24-20-37(21-25-39)52(4,5)6)30-35(2)32-47(50)57(48,41-16-12-10-13-17-41)42-18-14-11-15-19-42/h10-33H,1-9H3. The third kappa shape index (κ3) is 5.22. The normalized spacial score (nSPS) is 14.8. The predicted octanol–water partition coefficient (Wildman–Crippen LogP) is 8.98. The van der Waals surface area contributed by atoms with Crippen LogP contribution in [0.4, 0.5) is 34.1 Å². The van der Waals surface area contributed by atoms with E-state index in [-0.39, 0.29) is 17.5 Å². The molecule has 0 saturated heterocycles. The van der Waals surface area contributed by atoms with Crippen molar-refractivity contribution in [3.8, 4) is 0 Å². The predicted molar refractivity (Wildman–Crippen MR) is 249 cm³/mol. The minimum atomic E-state index is -2.91. The van der Waals surface area contributed by atoms with Crippen molar-refractivity contribution < 1.29 is 0 Å². The molecule has 0 N–H and O–H groups in total. The Hall–Kier alpha value is -5.58. The van der Waals surface area contributed by atoms with E-state index in [1.807, 2.05) is 0 Å². The summed E-state index contributed by atoms with van der Waals surface area (Å²) in [5, 5.41) is 5.89. The van der Waals surface area contributed by atoms with Crippen molar-refractivity contribution in [3.05, 3.63) is 173 Å². The number of nitrogens with zero attached hydrogens (tertiary/aromatic N) is 2. The van der Waals surface area contributed by atoms with Crippen LogP contribution in [-0.2, 0) is 10.8 Å². The molecule has 0 unspecified atom stereocenters. The maximum atomic E-state index is 2.61. The van der Waals surface area contributed by atoms with E-state index in [1.165, 1.54) is 99.1 Å². The van der Waals surface area contributed by atoms with Crippen LogP contribution in [0.1, 0.15) is 69.4 Å². The molecule has 2 nitrogen and oxygen atoms in total. The van der Waals surface area contributed by atoms with E-state index < -0.39 is 8.07 Å². The summed E-state index contributed by atoms with van der Waals surface area (Å²) in [7, 11) is -2.91. The molecular weight excluding hydrogens is 703 g/mol. The van der Waals surface area contributed by atoms with Crippen LogP contribution in [0, 0.1) is 20.8 Å². The Bertz CT molecular complexity index is 2540. The molecule has 0 amide bonds. The second-order valence-corrected chi connectivity index (χ2v) is 22.6. The molecule has 3 heterocycles. The highest BCUT2D eigenvalue weighted by atomic mass is 28.3. The Labute approximate surface area is 340 Å². The molecule has 0 aromatic heterocycles. The molecule has 0 fully saturated rings. The van der Waals surface area contributed by atoms with Crippen LogP contribution >= 0.6 is 0 Å². The molecule has 0 radical (unpaired) electrons. The van der Waals surface area contributed by atoms with Crippen molar-refractivity contribution >= 4 is 86.0 Å². The van der Waals surface area contributed by atoms with Crippen LogP contribution in [0.25, 0.3) is 0 Å². The smallest absolute Gasteiger partial charge is 0.251 e. The minimum Gasteiger partial charge on any atom is -0.311 e. The van der Waals surface area contributed by atoms with Gasteiger partial charge in [-0.15, -0.1) is 0 Å². The van der Waals surface area contributed by atoms with E-state index in [0.717, 1.165) is 0 Å². The van der Waals surface area contributed by atoms with Gasteiger partial charge < -0.3 is 9.80 Å². The third-order valence-corrected chi connectivity index (χ3v) is 17.8. The van der Waals surface area contributed by atoms with Gasteiger partial charge in [0.25, 0.3) is 6.71 Å². The van der Waals surface area contributed by atoms with E-state index in [0.29, 0.717) is 0 Å². The van der Waals surface area contributed by atoms with Gasteiger partial charge >= 0.3 is 0 Å². The van der Waals surface area contributed by atoms with Crippen molar-refractivity contribution in [2.75, 3.05) is 9.80 Å². The van der Waals surface area contributed by atoms with Gasteiger partial charge in [0.1, 0.15) is 0 Å². The molecule has 3 aliphatic heterocycles. The summed E-state index contributed by atoms with van der Waals surface area (Å²) in [5.74, 6) is 0. The molecule has 57 heavy (non-hydrogen) atoms. The Morgan fingerprint density at radius 3 is 1.09 bits per heavy atom. The summed E-state index contributed by atoms with van der Waals surface area (Å²) in [6.07, 6.45) is 0. The first-order chi connectivity index (χ1) is 27.3. The molecule has 0 atom stereocenters. The lowest BCUT2D eigenvalue weighted by Crippen LogP contribution is -2.88. The summed E-state index contributed by atoms with van der Waals surface area (Å²) in [5.41, 5.74) is 18.6. The van der Waals surface area contributed by atoms with E-state index in [4.69, 9.17) is 0 Å². The van der Waals surface area contributed by atoms with Gasteiger partial charge in [0.05, 0.1) is 0 Å². The molecule has 10 rings (SSSR count). The Morgan fingerprint density at radius 1 is 0.404 bits per heavy atom. The quantitative estimate of drug-likeness (QED) is 0.166. The Kier molecular flexibility index (Phi) is 7.83. The first-order valence-corrected chi connectivity index (χ1v) is 22.6. The summed E-state index contributed by atoms with van der Waals surface area (Å²) >= 11 is 0. The number of hydrogen-bond donors (Lipinski definition) is 0. The third-order valence-electron chi connectivity index (χ3n) is 12.9. The largest absolute Gasteiger partial charge is 0.311 e. The number of aryl methyl sites for hydroxylation is 3. The molecule has 0 spiro atoms. The van der Waals surface area contributed by atoms with Gasteiger partial charge in [0.2, 0.25) is 0 Å². The fourth-order valence-electron chi connectivity index (χ4n) is 10.4. The lowest BCUT2D eigenvalue weighted by atomic mass is 9.33. The molecule has 7 aromatic carbocycles. The van der Waals surface area contributed by atoms with Crippen molar-refractivity contribution in [1.29, 1.82) is 0 Å². The SMILES string of the molecule is Cc1cc2c3c(c1)N(c1ccc(C(C)(C)C)cc1)c1cc(C)cc4c1B3c1c(cc(C)cc1[Si]4(c1ccccc1)c1ccccc1)N2c1ccc(C(C)(C)C)cc1. The fraction of sp³-hybridized carbons (Fsp3) is 0.208. The maximum absolute atomic E-state index is 2.91. The number of benzene rings is 7. The Balaban J connectivity index is 1.39. The van der Waals surface area contributed by atoms with Gasteiger partial charge in [-0.05, 0) is 145 Å². The monoisotopic (exact) mass is 754 g/mol. The van der Waals surface area contributed by atoms with Crippen LogP contribution in [0.5, 0.6) is 0 Å². The zero-order chi connectivity index (χ0) is 39.6. The maximum Gasteiger partial charge on any atom is 0.251 e. The van der Waals surface area contributed by atoms with Crippen molar-refractivity contribution in [3.63, 3.8) is 0 Å². The Morgan fingerprint density at radius 2 is 0.737 bits per heavy atom. The lowest BCUT2D eigenvalue weighted by Gasteiger charge is -2.52. The molecule has 0 bridgehead atoms. The van der Waals surface area contributed by atoms with Crippen molar-refractivity contribution in [2.45, 2.75) is 73.1 Å². The second-order valence-electron chi connectivity index (χ2n) is 18.9. The van der Waals surface area contributed by atoms with Gasteiger partial charge in [-0.25, -0.2) is 0 Å². The fourth-order valence-corrected chi connectivity index (χ4v) is 15.9. The molecule has 0 saturated carbocycles. The summed E-state index contributed by atoms with van der Waals surface area (Å²) < 4.78 is 0.